The Morgan fingerprint density at radius 3 is 1.93 bits per heavy atom. The van der Waals surface area contributed by atoms with E-state index in [2.05, 4.69) is 51.1 Å². The highest BCUT2D eigenvalue weighted by Crippen LogP contribution is 2.29. The average molecular weight is 198 g/mol. The minimum atomic E-state index is 1.18. The quantitative estimate of drug-likeness (QED) is 0.672. The molecule has 0 unspecified atom stereocenters. The van der Waals surface area contributed by atoms with Crippen LogP contribution in [0.1, 0.15) is 30.0 Å². The van der Waals surface area contributed by atoms with Crippen LogP contribution in [0.15, 0.2) is 30.3 Å². The summed E-state index contributed by atoms with van der Waals surface area (Å²) in [6.45, 7) is 6.65. The van der Waals surface area contributed by atoms with Crippen molar-refractivity contribution >= 4 is 0 Å². The first-order chi connectivity index (χ1) is 7.22. The first-order valence-corrected chi connectivity index (χ1v) is 5.71. The van der Waals surface area contributed by atoms with Gasteiger partial charge in [0.05, 0.1) is 0 Å². The van der Waals surface area contributed by atoms with Crippen molar-refractivity contribution in [2.45, 2.75) is 33.6 Å². The Hall–Kier alpha value is -1.30. The molecule has 0 aromatic heterocycles. The molecule has 0 nitrogen and oxygen atoms in total. The molecule has 0 aromatic rings. The SMILES string of the molecule is CCCc1cc(C)c2cccc-2c(C)c1. The van der Waals surface area contributed by atoms with Crippen molar-refractivity contribution in [2.24, 2.45) is 0 Å². The Kier molecular flexibility index (Phi) is 2.77. The molecule has 0 heteroatoms. The Morgan fingerprint density at radius 1 is 0.933 bits per heavy atom. The molecule has 15 heavy (non-hydrogen) atoms. The molecular weight excluding hydrogens is 180 g/mol. The van der Waals surface area contributed by atoms with Gasteiger partial charge < -0.3 is 0 Å². The van der Waals surface area contributed by atoms with Gasteiger partial charge in [-0.1, -0.05) is 43.7 Å². The molecule has 2 aliphatic carbocycles. The zero-order chi connectivity index (χ0) is 10.8. The molecule has 0 radical (unpaired) electrons. The van der Waals surface area contributed by atoms with Crippen molar-refractivity contribution in [1.82, 2.24) is 0 Å². The van der Waals surface area contributed by atoms with Crippen LogP contribution in [-0.4, -0.2) is 0 Å². The van der Waals surface area contributed by atoms with E-state index in [1.807, 2.05) is 0 Å². The summed E-state index contributed by atoms with van der Waals surface area (Å²) in [5.74, 6) is 0. The third-order valence-electron chi connectivity index (χ3n) is 3.01. The second-order valence-electron chi connectivity index (χ2n) is 4.33. The molecule has 78 valence electrons. The molecule has 0 atom stereocenters. The molecule has 0 amide bonds. The number of hydrogen-bond acceptors (Lipinski definition) is 0. The van der Waals surface area contributed by atoms with Crippen LogP contribution in [-0.2, 0) is 6.42 Å². The van der Waals surface area contributed by atoms with Gasteiger partial charge in [0.1, 0.15) is 0 Å². The third-order valence-corrected chi connectivity index (χ3v) is 3.01. The topological polar surface area (TPSA) is 0 Å². The van der Waals surface area contributed by atoms with E-state index in [1.165, 1.54) is 40.7 Å². The molecule has 0 heterocycles. The van der Waals surface area contributed by atoms with Crippen LogP contribution in [0, 0.1) is 13.8 Å². The maximum atomic E-state index is 2.33. The molecule has 0 aromatic carbocycles. The van der Waals surface area contributed by atoms with Gasteiger partial charge >= 0.3 is 0 Å². The summed E-state index contributed by atoms with van der Waals surface area (Å²) in [7, 11) is 0. The van der Waals surface area contributed by atoms with E-state index in [4.69, 9.17) is 0 Å². The van der Waals surface area contributed by atoms with Gasteiger partial charge in [-0.3, -0.25) is 0 Å². The fourth-order valence-electron chi connectivity index (χ4n) is 2.29. The predicted molar refractivity (Wildman–Crippen MR) is 66.5 cm³/mol. The molecule has 0 fully saturated rings. The van der Waals surface area contributed by atoms with Gasteiger partial charge in [0, 0.05) is 0 Å². The Balaban J connectivity index is 2.64. The van der Waals surface area contributed by atoms with Gasteiger partial charge in [-0.15, -0.1) is 0 Å². The van der Waals surface area contributed by atoms with Crippen molar-refractivity contribution < 1.29 is 0 Å². The largest absolute Gasteiger partial charge is 0.0651 e. The maximum Gasteiger partial charge on any atom is -0.0152 e. The van der Waals surface area contributed by atoms with Crippen LogP contribution < -0.4 is 0 Å². The number of fused-ring (bicyclic) bond motifs is 1. The van der Waals surface area contributed by atoms with Gasteiger partial charge in [0.25, 0.3) is 0 Å². The minimum Gasteiger partial charge on any atom is -0.0651 e. The van der Waals surface area contributed by atoms with Crippen LogP contribution >= 0.6 is 0 Å². The molecule has 0 saturated heterocycles. The summed E-state index contributed by atoms with van der Waals surface area (Å²) in [5, 5.41) is 0. The van der Waals surface area contributed by atoms with Gasteiger partial charge in [-0.2, -0.15) is 0 Å². The van der Waals surface area contributed by atoms with E-state index in [0.29, 0.717) is 0 Å². The Bertz CT molecular complexity index is 404. The second-order valence-corrected chi connectivity index (χ2v) is 4.33. The normalized spacial score (nSPS) is 10.9. The van der Waals surface area contributed by atoms with Crippen molar-refractivity contribution in [3.05, 3.63) is 47.0 Å². The smallest absolute Gasteiger partial charge is 0.0152 e. The van der Waals surface area contributed by atoms with Crippen LogP contribution in [0.25, 0.3) is 11.1 Å². The summed E-state index contributed by atoms with van der Waals surface area (Å²) in [5.41, 5.74) is 7.05. The lowest BCUT2D eigenvalue weighted by Gasteiger charge is -1.98. The van der Waals surface area contributed by atoms with Crippen molar-refractivity contribution in [2.75, 3.05) is 0 Å². The number of aryl methyl sites for hydroxylation is 3. The highest BCUT2D eigenvalue weighted by Gasteiger charge is 2.07. The van der Waals surface area contributed by atoms with Gasteiger partial charge in [-0.25, -0.2) is 0 Å². The molecule has 2 aliphatic rings. The monoisotopic (exact) mass is 198 g/mol. The standard InChI is InChI=1S/C15H18/c1-4-6-13-9-11(2)14-7-5-8-15(14)12(3)10-13/h5,7-10H,4,6H2,1-3H3. The van der Waals surface area contributed by atoms with E-state index in [1.54, 1.807) is 0 Å². The van der Waals surface area contributed by atoms with Crippen molar-refractivity contribution in [3.8, 4) is 11.1 Å². The summed E-state index contributed by atoms with van der Waals surface area (Å²) >= 11 is 0. The molecule has 0 saturated carbocycles. The van der Waals surface area contributed by atoms with E-state index in [-0.39, 0.29) is 0 Å². The fraction of sp³-hybridized carbons (Fsp3) is 0.333. The summed E-state index contributed by atoms with van der Waals surface area (Å²) in [6.07, 6.45) is 2.39. The summed E-state index contributed by atoms with van der Waals surface area (Å²) in [4.78, 5) is 0. The lowest BCUT2D eigenvalue weighted by Crippen LogP contribution is -1.80. The molecular formula is C15H18. The molecule has 2 rings (SSSR count). The zero-order valence-corrected chi connectivity index (χ0v) is 9.80. The highest BCUT2D eigenvalue weighted by atomic mass is 14.1. The predicted octanol–water partition coefficient (Wildman–Crippen LogP) is 4.36. The molecule has 0 spiro atoms. The van der Waals surface area contributed by atoms with E-state index < -0.39 is 0 Å². The third kappa shape index (κ3) is 1.90. The molecule has 0 N–H and O–H groups in total. The molecule has 0 aliphatic heterocycles. The first-order valence-electron chi connectivity index (χ1n) is 5.71. The Labute approximate surface area is 92.3 Å². The number of rotatable bonds is 2. The highest BCUT2D eigenvalue weighted by molar-refractivity contribution is 5.72. The average Bonchev–Trinajstić information content (AvgIpc) is 2.62. The lowest BCUT2D eigenvalue weighted by atomic mass is 10.1. The summed E-state index contributed by atoms with van der Waals surface area (Å²) in [6, 6.07) is 11.2. The zero-order valence-electron chi connectivity index (χ0n) is 9.80. The van der Waals surface area contributed by atoms with E-state index >= 15 is 0 Å². The van der Waals surface area contributed by atoms with Gasteiger partial charge in [0.2, 0.25) is 0 Å². The molecule has 0 bridgehead atoms. The number of hydrogen-bond donors (Lipinski definition) is 0. The van der Waals surface area contributed by atoms with Crippen LogP contribution in [0.2, 0.25) is 0 Å². The van der Waals surface area contributed by atoms with E-state index in [9.17, 15) is 0 Å². The summed E-state index contributed by atoms with van der Waals surface area (Å²) < 4.78 is 0. The minimum absolute atomic E-state index is 1.18. The van der Waals surface area contributed by atoms with Gasteiger partial charge in [0.15, 0.2) is 0 Å². The lowest BCUT2D eigenvalue weighted by molar-refractivity contribution is 0.921. The van der Waals surface area contributed by atoms with Gasteiger partial charge in [-0.05, 0) is 48.1 Å². The van der Waals surface area contributed by atoms with E-state index in [0.717, 1.165) is 0 Å². The van der Waals surface area contributed by atoms with Crippen molar-refractivity contribution in [1.29, 1.82) is 0 Å². The van der Waals surface area contributed by atoms with Crippen molar-refractivity contribution in [3.63, 3.8) is 0 Å². The Morgan fingerprint density at radius 2 is 1.47 bits per heavy atom. The first kappa shape index (κ1) is 10.2. The fourth-order valence-corrected chi connectivity index (χ4v) is 2.29. The second kappa shape index (κ2) is 4.06. The van der Waals surface area contributed by atoms with Crippen LogP contribution in [0.4, 0.5) is 0 Å². The van der Waals surface area contributed by atoms with Crippen LogP contribution in [0.3, 0.4) is 0 Å². The van der Waals surface area contributed by atoms with Crippen LogP contribution in [0.5, 0.6) is 0 Å². The maximum absolute atomic E-state index is 2.33.